The third kappa shape index (κ3) is 4.33. The van der Waals surface area contributed by atoms with Gasteiger partial charge in [0.25, 0.3) is 0 Å². The number of methoxy groups -OCH3 is 1. The van der Waals surface area contributed by atoms with E-state index in [1.807, 2.05) is 12.1 Å². The van der Waals surface area contributed by atoms with Crippen molar-refractivity contribution in [3.05, 3.63) is 64.7 Å². The van der Waals surface area contributed by atoms with Gasteiger partial charge in [-0.3, -0.25) is 9.59 Å². The molecule has 1 amide bonds. The SMILES string of the molecule is COC(=O)CCNC(=O)Cc1ccc2c(c1)C1OCCC1C(c1cccc(C)c1)N2. The number of hydrogen-bond acceptors (Lipinski definition) is 5. The van der Waals surface area contributed by atoms with Gasteiger partial charge >= 0.3 is 5.97 Å². The lowest BCUT2D eigenvalue weighted by Gasteiger charge is -2.37. The van der Waals surface area contributed by atoms with Gasteiger partial charge in [-0.15, -0.1) is 0 Å². The van der Waals surface area contributed by atoms with Crippen LogP contribution in [0.3, 0.4) is 0 Å². The van der Waals surface area contributed by atoms with E-state index in [0.29, 0.717) is 5.92 Å². The summed E-state index contributed by atoms with van der Waals surface area (Å²) in [6.07, 6.45) is 1.49. The van der Waals surface area contributed by atoms with Crippen LogP contribution in [-0.2, 0) is 25.5 Å². The fraction of sp³-hybridized carbons (Fsp3) is 0.417. The number of fused-ring (bicyclic) bond motifs is 3. The molecule has 3 atom stereocenters. The van der Waals surface area contributed by atoms with Crippen LogP contribution in [0.25, 0.3) is 0 Å². The second-order valence-electron chi connectivity index (χ2n) is 8.05. The number of esters is 1. The molecular weight excluding hydrogens is 380 g/mol. The monoisotopic (exact) mass is 408 g/mol. The average molecular weight is 408 g/mol. The molecule has 0 aromatic heterocycles. The second-order valence-corrected chi connectivity index (χ2v) is 8.05. The molecule has 3 unspecified atom stereocenters. The summed E-state index contributed by atoms with van der Waals surface area (Å²) >= 11 is 0. The lowest BCUT2D eigenvalue weighted by molar-refractivity contribution is -0.140. The van der Waals surface area contributed by atoms with E-state index >= 15 is 0 Å². The molecule has 2 aromatic rings. The predicted molar refractivity (Wildman–Crippen MR) is 114 cm³/mol. The number of hydrogen-bond donors (Lipinski definition) is 2. The Kier molecular flexibility index (Phi) is 6.04. The van der Waals surface area contributed by atoms with Crippen molar-refractivity contribution in [1.29, 1.82) is 0 Å². The molecular formula is C24H28N2O4. The first kappa shape index (κ1) is 20.4. The number of aryl methyl sites for hydroxylation is 1. The van der Waals surface area contributed by atoms with Crippen molar-refractivity contribution in [3.63, 3.8) is 0 Å². The zero-order chi connectivity index (χ0) is 21.1. The zero-order valence-electron chi connectivity index (χ0n) is 17.4. The van der Waals surface area contributed by atoms with E-state index in [-0.39, 0.29) is 43.4 Å². The molecule has 2 aliphatic heterocycles. The lowest BCUT2D eigenvalue weighted by Crippen LogP contribution is -2.30. The number of amides is 1. The highest BCUT2D eigenvalue weighted by molar-refractivity contribution is 5.79. The molecule has 0 radical (unpaired) electrons. The summed E-state index contributed by atoms with van der Waals surface area (Å²) in [5.74, 6) is -0.0738. The van der Waals surface area contributed by atoms with E-state index in [0.717, 1.165) is 29.8 Å². The van der Waals surface area contributed by atoms with Crippen molar-refractivity contribution >= 4 is 17.6 Å². The first-order chi connectivity index (χ1) is 14.5. The molecule has 6 heteroatoms. The molecule has 0 saturated carbocycles. The van der Waals surface area contributed by atoms with Gasteiger partial charge in [-0.1, -0.05) is 42.0 Å². The summed E-state index contributed by atoms with van der Waals surface area (Å²) in [6, 6.07) is 15.0. The maximum Gasteiger partial charge on any atom is 0.307 e. The Morgan fingerprint density at radius 2 is 2.10 bits per heavy atom. The van der Waals surface area contributed by atoms with Gasteiger partial charge in [0.1, 0.15) is 0 Å². The Morgan fingerprint density at radius 3 is 2.90 bits per heavy atom. The van der Waals surface area contributed by atoms with Gasteiger partial charge in [-0.2, -0.15) is 0 Å². The molecule has 2 N–H and O–H groups in total. The number of ether oxygens (including phenoxy) is 2. The summed E-state index contributed by atoms with van der Waals surface area (Å²) < 4.78 is 10.7. The van der Waals surface area contributed by atoms with E-state index in [9.17, 15) is 9.59 Å². The van der Waals surface area contributed by atoms with Crippen molar-refractivity contribution < 1.29 is 19.1 Å². The lowest BCUT2D eigenvalue weighted by atomic mass is 9.80. The van der Waals surface area contributed by atoms with E-state index in [4.69, 9.17) is 4.74 Å². The van der Waals surface area contributed by atoms with Crippen LogP contribution in [0.4, 0.5) is 5.69 Å². The van der Waals surface area contributed by atoms with Crippen molar-refractivity contribution in [2.45, 2.75) is 38.3 Å². The zero-order valence-corrected chi connectivity index (χ0v) is 17.4. The normalized spacial score (nSPS) is 21.9. The van der Waals surface area contributed by atoms with Gasteiger partial charge in [0.15, 0.2) is 0 Å². The Hall–Kier alpha value is -2.86. The number of benzene rings is 2. The molecule has 6 nitrogen and oxygen atoms in total. The van der Waals surface area contributed by atoms with Crippen LogP contribution in [0.2, 0.25) is 0 Å². The van der Waals surface area contributed by atoms with E-state index < -0.39 is 0 Å². The molecule has 0 bridgehead atoms. The molecule has 2 heterocycles. The minimum absolute atomic E-state index is 0.0362. The van der Waals surface area contributed by atoms with Crippen LogP contribution < -0.4 is 10.6 Å². The molecule has 2 aliphatic rings. The number of rotatable bonds is 6. The first-order valence-electron chi connectivity index (χ1n) is 10.5. The molecule has 1 fully saturated rings. The smallest absolute Gasteiger partial charge is 0.307 e. The predicted octanol–water partition coefficient (Wildman–Crippen LogP) is 3.46. The maximum absolute atomic E-state index is 12.2. The molecule has 0 aliphatic carbocycles. The minimum Gasteiger partial charge on any atom is -0.469 e. The van der Waals surface area contributed by atoms with Gasteiger partial charge in [-0.25, -0.2) is 0 Å². The third-order valence-electron chi connectivity index (χ3n) is 5.94. The van der Waals surface area contributed by atoms with Crippen LogP contribution in [0.15, 0.2) is 42.5 Å². The number of carbonyl (C=O) groups is 2. The molecule has 158 valence electrons. The molecule has 1 saturated heterocycles. The standard InChI is InChI=1S/C24H28N2O4/c1-15-4-3-5-17(12-15)23-18-9-11-30-24(18)19-13-16(6-7-20(19)26-23)14-21(27)25-10-8-22(28)29-2/h3-7,12-13,18,23-24,26H,8-11,14H2,1-2H3,(H,25,27). The average Bonchev–Trinajstić information content (AvgIpc) is 3.23. The first-order valence-corrected chi connectivity index (χ1v) is 10.5. The van der Waals surface area contributed by atoms with Crippen LogP contribution in [0.5, 0.6) is 0 Å². The molecule has 2 aromatic carbocycles. The third-order valence-corrected chi connectivity index (χ3v) is 5.94. The Balaban J connectivity index is 1.49. The summed E-state index contributed by atoms with van der Waals surface area (Å²) in [7, 11) is 1.34. The highest BCUT2D eigenvalue weighted by Gasteiger charge is 2.41. The van der Waals surface area contributed by atoms with E-state index in [2.05, 4.69) is 52.6 Å². The Labute approximate surface area is 177 Å². The maximum atomic E-state index is 12.2. The second kappa shape index (κ2) is 8.88. The number of anilines is 1. The van der Waals surface area contributed by atoms with Crippen molar-refractivity contribution in [2.75, 3.05) is 25.6 Å². The van der Waals surface area contributed by atoms with Gasteiger partial charge in [-0.05, 0) is 30.5 Å². The molecule has 4 rings (SSSR count). The van der Waals surface area contributed by atoms with Gasteiger partial charge in [0.2, 0.25) is 5.91 Å². The van der Waals surface area contributed by atoms with Gasteiger partial charge < -0.3 is 20.1 Å². The molecule has 0 spiro atoms. The van der Waals surface area contributed by atoms with Crippen molar-refractivity contribution in [1.82, 2.24) is 5.32 Å². The van der Waals surface area contributed by atoms with Gasteiger partial charge in [0, 0.05) is 30.3 Å². The highest BCUT2D eigenvalue weighted by atomic mass is 16.5. The number of nitrogens with one attached hydrogen (secondary N) is 2. The van der Waals surface area contributed by atoms with E-state index in [1.165, 1.54) is 18.2 Å². The van der Waals surface area contributed by atoms with E-state index in [1.54, 1.807) is 0 Å². The van der Waals surface area contributed by atoms with Crippen molar-refractivity contribution in [3.8, 4) is 0 Å². The van der Waals surface area contributed by atoms with Crippen LogP contribution in [-0.4, -0.2) is 32.1 Å². The Morgan fingerprint density at radius 1 is 1.23 bits per heavy atom. The fourth-order valence-electron chi connectivity index (χ4n) is 4.48. The summed E-state index contributed by atoms with van der Waals surface area (Å²) in [6.45, 7) is 3.15. The summed E-state index contributed by atoms with van der Waals surface area (Å²) in [4.78, 5) is 23.4. The van der Waals surface area contributed by atoms with Crippen LogP contribution in [0.1, 0.15) is 47.2 Å². The highest BCUT2D eigenvalue weighted by Crippen LogP contribution is 2.50. The van der Waals surface area contributed by atoms with Gasteiger partial charge in [0.05, 0.1) is 32.1 Å². The largest absolute Gasteiger partial charge is 0.469 e. The minimum atomic E-state index is -0.331. The Bertz CT molecular complexity index is 943. The molecule has 30 heavy (non-hydrogen) atoms. The van der Waals surface area contributed by atoms with Crippen LogP contribution >= 0.6 is 0 Å². The quantitative estimate of drug-likeness (QED) is 0.716. The number of carbonyl (C=O) groups excluding carboxylic acids is 2. The summed E-state index contributed by atoms with van der Waals surface area (Å²) in [5.41, 5.74) is 5.68. The topological polar surface area (TPSA) is 76.7 Å². The van der Waals surface area contributed by atoms with Crippen LogP contribution in [0, 0.1) is 12.8 Å². The van der Waals surface area contributed by atoms with Crippen molar-refractivity contribution in [2.24, 2.45) is 5.92 Å². The fourth-order valence-corrected chi connectivity index (χ4v) is 4.48. The summed E-state index contributed by atoms with van der Waals surface area (Å²) in [5, 5.41) is 6.48.